The Morgan fingerprint density at radius 1 is 1.00 bits per heavy atom. The summed E-state index contributed by atoms with van der Waals surface area (Å²) in [5, 5.41) is 7.60. The van der Waals surface area contributed by atoms with E-state index < -0.39 is 0 Å². The topological polar surface area (TPSA) is 71.3 Å². The van der Waals surface area contributed by atoms with Crippen molar-refractivity contribution in [3.05, 3.63) is 72.1 Å². The average molecular weight is 459 g/mol. The average Bonchev–Trinajstić information content (AvgIpc) is 3.36. The first-order valence-electron chi connectivity index (χ1n) is 12.7. The number of rotatable bonds is 9. The second-order valence-corrected chi connectivity index (χ2v) is 9.76. The number of nitrogens with one attached hydrogen (secondary N) is 1. The molecule has 1 aliphatic heterocycles. The molecule has 3 aromatic rings. The van der Waals surface area contributed by atoms with Gasteiger partial charge in [-0.2, -0.15) is 4.98 Å². The van der Waals surface area contributed by atoms with Gasteiger partial charge in [-0.3, -0.25) is 4.79 Å². The minimum absolute atomic E-state index is 0.0668. The summed E-state index contributed by atoms with van der Waals surface area (Å²) in [6, 6.07) is 20.4. The number of piperidine rings is 1. The molecule has 2 aliphatic rings. The third-order valence-corrected chi connectivity index (χ3v) is 7.39. The summed E-state index contributed by atoms with van der Waals surface area (Å²) in [4.78, 5) is 19.8. The van der Waals surface area contributed by atoms with Crippen molar-refractivity contribution in [2.75, 3.05) is 19.6 Å². The first-order valence-corrected chi connectivity index (χ1v) is 12.7. The highest BCUT2D eigenvalue weighted by atomic mass is 16.5. The maximum absolute atomic E-state index is 12.6. The van der Waals surface area contributed by atoms with Crippen LogP contribution in [0.4, 0.5) is 0 Å². The van der Waals surface area contributed by atoms with E-state index in [1.165, 1.54) is 24.8 Å². The first kappa shape index (κ1) is 22.8. The molecule has 1 N–H and O–H groups in total. The van der Waals surface area contributed by atoms with E-state index in [1.807, 2.05) is 36.4 Å². The molecule has 1 amide bonds. The molecule has 2 fully saturated rings. The number of nitrogens with zero attached hydrogens (tertiary/aromatic N) is 3. The smallest absolute Gasteiger partial charge is 0.257 e. The SMILES string of the molecule is O=C(CC1CCC1)NC(CCN1CCC(c2noc(-c3ccccc3)n2)CC1)c1ccccc1. The van der Waals surface area contributed by atoms with E-state index in [-0.39, 0.29) is 11.9 Å². The van der Waals surface area contributed by atoms with Gasteiger partial charge < -0.3 is 14.7 Å². The number of likely N-dealkylation sites (tertiary alicyclic amines) is 1. The Morgan fingerprint density at radius 2 is 1.71 bits per heavy atom. The van der Waals surface area contributed by atoms with Gasteiger partial charge >= 0.3 is 0 Å². The standard InChI is InChI=1S/C28H34N4O2/c33-26(20-21-8-7-9-21)29-25(22-10-3-1-4-11-22)16-19-32-17-14-23(15-18-32)27-30-28(34-31-27)24-12-5-2-6-13-24/h1-6,10-13,21,23,25H,7-9,14-20H2,(H,29,33). The van der Waals surface area contributed by atoms with E-state index in [2.05, 4.69) is 44.6 Å². The van der Waals surface area contributed by atoms with Crippen LogP contribution in [-0.4, -0.2) is 40.6 Å². The minimum Gasteiger partial charge on any atom is -0.349 e. The minimum atomic E-state index is 0.0668. The van der Waals surface area contributed by atoms with Gasteiger partial charge in [-0.15, -0.1) is 0 Å². The highest BCUT2D eigenvalue weighted by Gasteiger charge is 2.26. The van der Waals surface area contributed by atoms with E-state index in [4.69, 9.17) is 4.52 Å². The lowest BCUT2D eigenvalue weighted by Gasteiger charge is -2.32. The summed E-state index contributed by atoms with van der Waals surface area (Å²) in [5.41, 5.74) is 2.16. The molecule has 0 bridgehead atoms. The molecule has 1 saturated carbocycles. The van der Waals surface area contributed by atoms with Crippen LogP contribution in [0.25, 0.3) is 11.5 Å². The number of carbonyl (C=O) groups excluding carboxylic acids is 1. The third-order valence-electron chi connectivity index (χ3n) is 7.39. The zero-order valence-corrected chi connectivity index (χ0v) is 19.7. The fourth-order valence-corrected chi connectivity index (χ4v) is 5.04. The van der Waals surface area contributed by atoms with Gasteiger partial charge in [0.1, 0.15) is 0 Å². The van der Waals surface area contributed by atoms with Gasteiger partial charge in [-0.05, 0) is 68.8 Å². The highest BCUT2D eigenvalue weighted by Crippen LogP contribution is 2.31. The molecule has 0 spiro atoms. The predicted molar refractivity (Wildman–Crippen MR) is 132 cm³/mol. The van der Waals surface area contributed by atoms with Crippen molar-refractivity contribution < 1.29 is 9.32 Å². The Morgan fingerprint density at radius 3 is 2.38 bits per heavy atom. The molecule has 6 heteroatoms. The zero-order chi connectivity index (χ0) is 23.2. The van der Waals surface area contributed by atoms with Crippen molar-refractivity contribution in [1.29, 1.82) is 0 Å². The van der Waals surface area contributed by atoms with Crippen LogP contribution >= 0.6 is 0 Å². The lowest BCUT2D eigenvalue weighted by Crippen LogP contribution is -2.37. The van der Waals surface area contributed by atoms with E-state index in [9.17, 15) is 4.79 Å². The monoisotopic (exact) mass is 458 g/mol. The molecule has 1 unspecified atom stereocenters. The van der Waals surface area contributed by atoms with E-state index in [1.54, 1.807) is 0 Å². The van der Waals surface area contributed by atoms with Gasteiger partial charge in [0.2, 0.25) is 5.91 Å². The molecule has 178 valence electrons. The van der Waals surface area contributed by atoms with Crippen LogP contribution in [0.5, 0.6) is 0 Å². The highest BCUT2D eigenvalue weighted by molar-refractivity contribution is 5.76. The van der Waals surface area contributed by atoms with Crippen LogP contribution in [0.1, 0.15) is 68.3 Å². The molecule has 6 nitrogen and oxygen atoms in total. The van der Waals surface area contributed by atoms with Gasteiger partial charge in [-0.25, -0.2) is 0 Å². The Labute approximate surface area is 201 Å². The van der Waals surface area contributed by atoms with E-state index >= 15 is 0 Å². The van der Waals surface area contributed by atoms with Crippen LogP contribution in [0.15, 0.2) is 65.2 Å². The maximum Gasteiger partial charge on any atom is 0.257 e. The molecular formula is C28H34N4O2. The van der Waals surface area contributed by atoms with Crippen molar-refractivity contribution in [3.63, 3.8) is 0 Å². The van der Waals surface area contributed by atoms with Gasteiger partial charge in [0.05, 0.1) is 6.04 Å². The molecule has 5 rings (SSSR count). The largest absolute Gasteiger partial charge is 0.349 e. The van der Waals surface area contributed by atoms with E-state index in [0.717, 1.165) is 50.3 Å². The van der Waals surface area contributed by atoms with Crippen molar-refractivity contribution in [1.82, 2.24) is 20.4 Å². The number of aromatic nitrogens is 2. The van der Waals surface area contributed by atoms with Crippen molar-refractivity contribution >= 4 is 5.91 Å². The number of hydrogen-bond acceptors (Lipinski definition) is 5. The summed E-state index contributed by atoms with van der Waals surface area (Å²) in [6.07, 6.45) is 7.32. The summed E-state index contributed by atoms with van der Waals surface area (Å²) in [7, 11) is 0. The lowest BCUT2D eigenvalue weighted by atomic mass is 9.83. The Hall–Kier alpha value is -2.99. The number of amides is 1. The Kier molecular flexibility index (Phi) is 7.34. The molecule has 2 aromatic carbocycles. The molecular weight excluding hydrogens is 424 g/mol. The normalized spacial score (nSPS) is 18.4. The molecule has 1 aromatic heterocycles. The van der Waals surface area contributed by atoms with Gasteiger partial charge in [-0.1, -0.05) is 60.1 Å². The number of hydrogen-bond donors (Lipinski definition) is 1. The first-order chi connectivity index (χ1) is 16.7. The van der Waals surface area contributed by atoms with Crippen molar-refractivity contribution in [2.45, 2.75) is 56.9 Å². The summed E-state index contributed by atoms with van der Waals surface area (Å²) in [6.45, 7) is 2.99. The Balaban J connectivity index is 1.13. The molecule has 1 aliphatic carbocycles. The van der Waals surface area contributed by atoms with Crippen LogP contribution < -0.4 is 5.32 Å². The zero-order valence-electron chi connectivity index (χ0n) is 19.7. The predicted octanol–water partition coefficient (Wildman–Crippen LogP) is 5.35. The second-order valence-electron chi connectivity index (χ2n) is 9.76. The lowest BCUT2D eigenvalue weighted by molar-refractivity contribution is -0.123. The second kappa shape index (κ2) is 11.0. The van der Waals surface area contributed by atoms with Crippen molar-refractivity contribution in [2.24, 2.45) is 5.92 Å². The number of carbonyl (C=O) groups is 1. The molecule has 2 heterocycles. The van der Waals surface area contributed by atoms with Gasteiger partial charge in [0.15, 0.2) is 5.82 Å². The van der Waals surface area contributed by atoms with Crippen LogP contribution in [0, 0.1) is 5.92 Å². The Bertz CT molecular complexity index is 1040. The number of benzene rings is 2. The summed E-state index contributed by atoms with van der Waals surface area (Å²) in [5.74, 6) is 2.54. The van der Waals surface area contributed by atoms with Crippen LogP contribution in [0.3, 0.4) is 0 Å². The molecule has 1 atom stereocenters. The van der Waals surface area contributed by atoms with Crippen molar-refractivity contribution in [3.8, 4) is 11.5 Å². The third kappa shape index (κ3) is 5.73. The van der Waals surface area contributed by atoms with Crippen LogP contribution in [0.2, 0.25) is 0 Å². The van der Waals surface area contributed by atoms with Gasteiger partial charge in [0, 0.05) is 24.4 Å². The summed E-state index contributed by atoms with van der Waals surface area (Å²) < 4.78 is 5.52. The fourth-order valence-electron chi connectivity index (χ4n) is 5.04. The molecule has 1 saturated heterocycles. The maximum atomic E-state index is 12.6. The quantitative estimate of drug-likeness (QED) is 0.468. The van der Waals surface area contributed by atoms with Gasteiger partial charge in [0.25, 0.3) is 5.89 Å². The van der Waals surface area contributed by atoms with E-state index in [0.29, 0.717) is 24.1 Å². The molecule has 34 heavy (non-hydrogen) atoms. The molecule has 0 radical (unpaired) electrons. The summed E-state index contributed by atoms with van der Waals surface area (Å²) >= 11 is 0. The fraction of sp³-hybridized carbons (Fsp3) is 0.464. The van der Waals surface area contributed by atoms with Crippen LogP contribution in [-0.2, 0) is 4.79 Å².